The van der Waals surface area contributed by atoms with E-state index in [1.54, 1.807) is 25.7 Å². The van der Waals surface area contributed by atoms with Gasteiger partial charge in [-0.2, -0.15) is 5.10 Å². The minimum atomic E-state index is -0.546. The maximum atomic E-state index is 12.5. The van der Waals surface area contributed by atoms with Gasteiger partial charge in [-0.25, -0.2) is 4.79 Å². The van der Waals surface area contributed by atoms with Crippen molar-refractivity contribution in [3.8, 4) is 0 Å². The molecule has 2 heterocycles. The smallest absolute Gasteiger partial charge is 0.341 e. The van der Waals surface area contributed by atoms with Crippen molar-refractivity contribution in [2.24, 2.45) is 0 Å². The molecule has 0 aliphatic rings. The van der Waals surface area contributed by atoms with E-state index in [2.05, 4.69) is 10.4 Å². The number of hydrogen-bond acceptors (Lipinski definition) is 6. The van der Waals surface area contributed by atoms with Crippen LogP contribution >= 0.6 is 11.3 Å². The van der Waals surface area contributed by atoms with Crippen LogP contribution in [0.15, 0.2) is 6.07 Å². The second-order valence-corrected chi connectivity index (χ2v) is 7.75. The maximum Gasteiger partial charge on any atom is 0.341 e. The molecule has 2 rings (SSSR count). The van der Waals surface area contributed by atoms with Gasteiger partial charge in [-0.05, 0) is 38.8 Å². The zero-order valence-corrected chi connectivity index (χ0v) is 17.9. The zero-order chi connectivity index (χ0) is 21.0. The number of rotatable bonds is 7. The lowest BCUT2D eigenvalue weighted by molar-refractivity contribution is -0.116. The Bertz CT molecular complexity index is 898. The van der Waals surface area contributed by atoms with Gasteiger partial charge in [0.25, 0.3) is 5.91 Å². The summed E-state index contributed by atoms with van der Waals surface area (Å²) in [7, 11) is 3.27. The van der Waals surface area contributed by atoms with Crippen molar-refractivity contribution in [1.29, 1.82) is 0 Å². The molecule has 0 aliphatic carbocycles. The molecule has 0 aromatic carbocycles. The molecule has 0 unspecified atom stereocenters. The molecule has 0 bridgehead atoms. The van der Waals surface area contributed by atoms with E-state index in [-0.39, 0.29) is 30.5 Å². The first-order valence-corrected chi connectivity index (χ1v) is 9.80. The number of carbonyl (C=O) groups is 3. The molecule has 28 heavy (non-hydrogen) atoms. The SMILES string of the molecule is CCCOC(=O)c1c(NC(=O)Cn2nc(C)cc2C)sc(C(=O)N(C)C)c1C. The Morgan fingerprint density at radius 3 is 2.46 bits per heavy atom. The normalized spacial score (nSPS) is 10.6. The number of aryl methyl sites for hydroxylation is 2. The second-order valence-electron chi connectivity index (χ2n) is 6.73. The minimum absolute atomic E-state index is 0.0109. The van der Waals surface area contributed by atoms with Crippen molar-refractivity contribution in [2.75, 3.05) is 26.0 Å². The van der Waals surface area contributed by atoms with Gasteiger partial charge < -0.3 is 15.0 Å². The van der Waals surface area contributed by atoms with Gasteiger partial charge in [0.05, 0.1) is 22.7 Å². The first-order valence-electron chi connectivity index (χ1n) is 8.98. The zero-order valence-electron chi connectivity index (χ0n) is 17.1. The lowest BCUT2D eigenvalue weighted by Crippen LogP contribution is -2.21. The minimum Gasteiger partial charge on any atom is -0.462 e. The summed E-state index contributed by atoms with van der Waals surface area (Å²) in [6.45, 7) is 7.58. The van der Waals surface area contributed by atoms with Crippen molar-refractivity contribution >= 4 is 34.1 Å². The summed E-state index contributed by atoms with van der Waals surface area (Å²) in [5.41, 5.74) is 2.41. The van der Waals surface area contributed by atoms with Gasteiger partial charge in [0.15, 0.2) is 0 Å². The average molecular weight is 407 g/mol. The molecular formula is C19H26N4O4S. The number of ether oxygens (including phenoxy) is 1. The van der Waals surface area contributed by atoms with Crippen LogP contribution in [0.3, 0.4) is 0 Å². The van der Waals surface area contributed by atoms with E-state index < -0.39 is 5.97 Å². The predicted octanol–water partition coefficient (Wildman–Crippen LogP) is 2.78. The molecule has 0 radical (unpaired) electrons. The first kappa shape index (κ1) is 21.6. The van der Waals surface area contributed by atoms with Gasteiger partial charge in [0.2, 0.25) is 5.91 Å². The van der Waals surface area contributed by atoms with Crippen molar-refractivity contribution in [1.82, 2.24) is 14.7 Å². The summed E-state index contributed by atoms with van der Waals surface area (Å²) in [5, 5.41) is 7.34. The van der Waals surface area contributed by atoms with Crippen molar-refractivity contribution in [3.05, 3.63) is 33.5 Å². The van der Waals surface area contributed by atoms with Gasteiger partial charge in [-0.15, -0.1) is 11.3 Å². The van der Waals surface area contributed by atoms with E-state index in [1.807, 2.05) is 26.8 Å². The standard InChI is InChI=1S/C19H26N4O4S/c1-7-8-27-19(26)15-13(4)16(18(25)22(5)6)28-17(15)20-14(24)10-23-12(3)9-11(2)21-23/h9H,7-8,10H2,1-6H3,(H,20,24). The average Bonchev–Trinajstić information content (AvgIpc) is 3.10. The Labute approximate surface area is 168 Å². The predicted molar refractivity (Wildman–Crippen MR) is 108 cm³/mol. The Kier molecular flexibility index (Phi) is 6.95. The summed E-state index contributed by atoms with van der Waals surface area (Å²) in [5.74, 6) is -1.11. The molecule has 0 atom stereocenters. The summed E-state index contributed by atoms with van der Waals surface area (Å²) in [6, 6.07) is 1.88. The van der Waals surface area contributed by atoms with Gasteiger partial charge in [-0.1, -0.05) is 6.92 Å². The van der Waals surface area contributed by atoms with Crippen LogP contribution in [-0.2, 0) is 16.1 Å². The van der Waals surface area contributed by atoms with Crippen LogP contribution in [0.1, 0.15) is 50.3 Å². The van der Waals surface area contributed by atoms with E-state index in [1.165, 1.54) is 4.90 Å². The third kappa shape index (κ3) is 4.78. The highest BCUT2D eigenvalue weighted by Gasteiger charge is 2.27. The maximum absolute atomic E-state index is 12.5. The van der Waals surface area contributed by atoms with E-state index in [0.717, 1.165) is 22.7 Å². The molecule has 9 heteroatoms. The van der Waals surface area contributed by atoms with Crippen LogP contribution in [0.4, 0.5) is 5.00 Å². The number of nitrogens with one attached hydrogen (secondary N) is 1. The quantitative estimate of drug-likeness (QED) is 0.714. The molecule has 2 aromatic rings. The lowest BCUT2D eigenvalue weighted by atomic mass is 10.1. The van der Waals surface area contributed by atoms with Crippen LogP contribution in [0, 0.1) is 20.8 Å². The molecule has 1 N–H and O–H groups in total. The highest BCUT2D eigenvalue weighted by Crippen LogP contribution is 2.34. The Morgan fingerprint density at radius 1 is 1.25 bits per heavy atom. The largest absolute Gasteiger partial charge is 0.462 e. The number of esters is 1. The van der Waals surface area contributed by atoms with Gasteiger partial charge in [0.1, 0.15) is 11.5 Å². The number of aromatic nitrogens is 2. The van der Waals surface area contributed by atoms with Crippen molar-refractivity contribution in [2.45, 2.75) is 40.7 Å². The van der Waals surface area contributed by atoms with E-state index >= 15 is 0 Å². The molecule has 2 amide bonds. The molecule has 0 aliphatic heterocycles. The molecule has 0 spiro atoms. The van der Waals surface area contributed by atoms with E-state index in [9.17, 15) is 14.4 Å². The summed E-state index contributed by atoms with van der Waals surface area (Å²) >= 11 is 1.08. The molecular weight excluding hydrogens is 380 g/mol. The molecule has 8 nitrogen and oxygen atoms in total. The monoisotopic (exact) mass is 406 g/mol. The fourth-order valence-electron chi connectivity index (χ4n) is 2.66. The van der Waals surface area contributed by atoms with Gasteiger partial charge in [-0.3, -0.25) is 14.3 Å². The number of amides is 2. The molecule has 0 saturated carbocycles. The Morgan fingerprint density at radius 2 is 1.93 bits per heavy atom. The molecule has 152 valence electrons. The summed E-state index contributed by atoms with van der Waals surface area (Å²) < 4.78 is 6.84. The fraction of sp³-hybridized carbons (Fsp3) is 0.474. The second kappa shape index (κ2) is 9.01. The molecule has 0 saturated heterocycles. The van der Waals surface area contributed by atoms with E-state index in [4.69, 9.17) is 4.74 Å². The topological polar surface area (TPSA) is 93.5 Å². The fourth-order valence-corrected chi connectivity index (χ4v) is 3.89. The number of nitrogens with zero attached hydrogens (tertiary/aromatic N) is 3. The van der Waals surface area contributed by atoms with Crippen LogP contribution < -0.4 is 5.32 Å². The van der Waals surface area contributed by atoms with Crippen molar-refractivity contribution in [3.63, 3.8) is 0 Å². The summed E-state index contributed by atoms with van der Waals surface area (Å²) in [6.07, 6.45) is 0.679. The third-order valence-corrected chi connectivity index (χ3v) is 5.23. The number of thiophene rings is 1. The third-order valence-electron chi connectivity index (χ3n) is 4.04. The highest BCUT2D eigenvalue weighted by molar-refractivity contribution is 7.18. The van der Waals surface area contributed by atoms with Crippen molar-refractivity contribution < 1.29 is 19.1 Å². The number of anilines is 1. The van der Waals surface area contributed by atoms with Gasteiger partial charge in [0, 0.05) is 19.8 Å². The van der Waals surface area contributed by atoms with Crippen LogP contribution in [-0.4, -0.2) is 53.2 Å². The Hall–Kier alpha value is -2.68. The lowest BCUT2D eigenvalue weighted by Gasteiger charge is -2.09. The van der Waals surface area contributed by atoms with Crippen LogP contribution in [0.25, 0.3) is 0 Å². The number of carbonyl (C=O) groups excluding carboxylic acids is 3. The van der Waals surface area contributed by atoms with E-state index in [0.29, 0.717) is 21.9 Å². The first-order chi connectivity index (χ1) is 13.1. The highest BCUT2D eigenvalue weighted by atomic mass is 32.1. The van der Waals surface area contributed by atoms with Gasteiger partial charge >= 0.3 is 5.97 Å². The Balaban J connectivity index is 2.33. The van der Waals surface area contributed by atoms with Crippen LogP contribution in [0.5, 0.6) is 0 Å². The number of hydrogen-bond donors (Lipinski definition) is 1. The molecule has 0 fully saturated rings. The van der Waals surface area contributed by atoms with Crippen LogP contribution in [0.2, 0.25) is 0 Å². The molecule has 2 aromatic heterocycles. The summed E-state index contributed by atoms with van der Waals surface area (Å²) in [4.78, 5) is 39.4.